The number of carbonyl (C=O) groups excluding carboxylic acids is 2. The fraction of sp³-hybridized carbons (Fsp3) is 0.318. The molecule has 29 heavy (non-hydrogen) atoms. The number of ether oxygens (including phenoxy) is 1. The van der Waals surface area contributed by atoms with Crippen molar-refractivity contribution in [1.82, 2.24) is 5.32 Å². The molecule has 0 spiro atoms. The van der Waals surface area contributed by atoms with Crippen LogP contribution in [0, 0.1) is 12.8 Å². The van der Waals surface area contributed by atoms with Crippen LogP contribution in [-0.4, -0.2) is 23.5 Å². The van der Waals surface area contributed by atoms with E-state index in [1.807, 2.05) is 19.1 Å². The third kappa shape index (κ3) is 6.87. The van der Waals surface area contributed by atoms with E-state index in [9.17, 15) is 9.59 Å². The van der Waals surface area contributed by atoms with Gasteiger partial charge in [0.2, 0.25) is 5.91 Å². The van der Waals surface area contributed by atoms with Crippen molar-refractivity contribution < 1.29 is 14.3 Å². The van der Waals surface area contributed by atoms with Crippen LogP contribution in [0.25, 0.3) is 0 Å². The molecule has 2 aromatic rings. The molecule has 0 aliphatic heterocycles. The fourth-order valence-corrected chi connectivity index (χ4v) is 2.64. The van der Waals surface area contributed by atoms with Gasteiger partial charge in [0.15, 0.2) is 5.11 Å². The summed E-state index contributed by atoms with van der Waals surface area (Å²) in [6, 6.07) is 12.4. The minimum absolute atomic E-state index is 0.0676. The van der Waals surface area contributed by atoms with Crippen LogP contribution in [0.2, 0.25) is 0 Å². The molecule has 0 bridgehead atoms. The first kappa shape index (κ1) is 22.4. The number of rotatable bonds is 7. The lowest BCUT2D eigenvalue weighted by molar-refractivity contribution is -0.115. The number of hydrogen-bond donors (Lipinski definition) is 3. The van der Waals surface area contributed by atoms with Crippen molar-refractivity contribution in [1.29, 1.82) is 0 Å². The maximum Gasteiger partial charge on any atom is 0.257 e. The zero-order valence-corrected chi connectivity index (χ0v) is 18.0. The Hall–Kier alpha value is -2.93. The Morgan fingerprint density at radius 2 is 1.66 bits per heavy atom. The topological polar surface area (TPSA) is 79.5 Å². The summed E-state index contributed by atoms with van der Waals surface area (Å²) in [5.41, 5.74) is 2.72. The number of hydrogen-bond acceptors (Lipinski definition) is 4. The van der Waals surface area contributed by atoms with Crippen LogP contribution in [-0.2, 0) is 4.79 Å². The van der Waals surface area contributed by atoms with Gasteiger partial charge in [-0.25, -0.2) is 0 Å². The standard InChI is InChI=1S/C22H27N3O3S/c1-5-20(26)23-18-7-6-8-19(15(18)4)24-22(29)25-21(27)16-9-11-17(12-10-16)28-13-14(2)3/h6-12,14H,5,13H2,1-4H3,(H,23,26)(H2,24,25,27,29). The number of carbonyl (C=O) groups is 2. The molecule has 0 unspecified atom stereocenters. The van der Waals surface area contributed by atoms with Gasteiger partial charge in [0, 0.05) is 23.4 Å². The smallest absolute Gasteiger partial charge is 0.257 e. The van der Waals surface area contributed by atoms with E-state index >= 15 is 0 Å². The Balaban J connectivity index is 1.97. The summed E-state index contributed by atoms with van der Waals surface area (Å²) >= 11 is 5.27. The summed E-state index contributed by atoms with van der Waals surface area (Å²) in [5, 5.41) is 8.70. The van der Waals surface area contributed by atoms with Gasteiger partial charge >= 0.3 is 0 Å². The molecule has 0 heterocycles. The molecule has 0 aromatic heterocycles. The lowest BCUT2D eigenvalue weighted by Gasteiger charge is -2.15. The summed E-state index contributed by atoms with van der Waals surface area (Å²) in [6.45, 7) is 8.43. The highest BCUT2D eigenvalue weighted by molar-refractivity contribution is 7.80. The van der Waals surface area contributed by atoms with Crippen LogP contribution in [0.4, 0.5) is 11.4 Å². The zero-order chi connectivity index (χ0) is 21.4. The molecule has 0 aliphatic rings. The Bertz CT molecular complexity index is 879. The normalized spacial score (nSPS) is 10.4. The molecular formula is C22H27N3O3S. The molecule has 2 rings (SSSR count). The average Bonchev–Trinajstić information content (AvgIpc) is 2.69. The fourth-order valence-electron chi connectivity index (χ4n) is 2.44. The van der Waals surface area contributed by atoms with Crippen LogP contribution in [0.3, 0.4) is 0 Å². The van der Waals surface area contributed by atoms with Crippen LogP contribution < -0.4 is 20.7 Å². The quantitative estimate of drug-likeness (QED) is 0.582. The molecule has 0 atom stereocenters. The van der Waals surface area contributed by atoms with E-state index in [1.54, 1.807) is 37.3 Å². The highest BCUT2D eigenvalue weighted by Gasteiger charge is 2.11. The Kier molecular flexibility index (Phi) is 8.15. The molecule has 0 saturated carbocycles. The maximum absolute atomic E-state index is 12.4. The van der Waals surface area contributed by atoms with E-state index in [-0.39, 0.29) is 16.9 Å². The van der Waals surface area contributed by atoms with Gasteiger partial charge in [0.05, 0.1) is 6.61 Å². The van der Waals surface area contributed by atoms with E-state index < -0.39 is 0 Å². The third-order valence-electron chi connectivity index (χ3n) is 4.10. The van der Waals surface area contributed by atoms with Crippen LogP contribution in [0.15, 0.2) is 42.5 Å². The van der Waals surface area contributed by atoms with Gasteiger partial charge in [-0.2, -0.15) is 0 Å². The number of anilines is 2. The average molecular weight is 414 g/mol. The molecule has 0 saturated heterocycles. The van der Waals surface area contributed by atoms with E-state index in [2.05, 4.69) is 29.8 Å². The van der Waals surface area contributed by atoms with Crippen molar-refractivity contribution in [2.45, 2.75) is 34.1 Å². The van der Waals surface area contributed by atoms with E-state index in [0.717, 1.165) is 11.3 Å². The SMILES string of the molecule is CCC(=O)Nc1cccc(NC(=S)NC(=O)c2ccc(OCC(C)C)cc2)c1C. The highest BCUT2D eigenvalue weighted by atomic mass is 32.1. The molecule has 7 heteroatoms. The van der Waals surface area contributed by atoms with Crippen molar-refractivity contribution in [3.05, 3.63) is 53.6 Å². The minimum atomic E-state index is -0.314. The summed E-state index contributed by atoms with van der Waals surface area (Å²) in [4.78, 5) is 24.1. The Morgan fingerprint density at radius 1 is 1.03 bits per heavy atom. The second kappa shape index (κ2) is 10.6. The molecule has 0 aliphatic carbocycles. The zero-order valence-electron chi connectivity index (χ0n) is 17.2. The first-order chi connectivity index (χ1) is 13.8. The maximum atomic E-state index is 12.4. The van der Waals surface area contributed by atoms with Gasteiger partial charge < -0.3 is 15.4 Å². The predicted octanol–water partition coefficient (Wildman–Crippen LogP) is 4.51. The van der Waals surface area contributed by atoms with Crippen molar-refractivity contribution in [3.63, 3.8) is 0 Å². The van der Waals surface area contributed by atoms with Gasteiger partial charge in [-0.15, -0.1) is 0 Å². The van der Waals surface area contributed by atoms with E-state index in [4.69, 9.17) is 17.0 Å². The van der Waals surface area contributed by atoms with E-state index in [0.29, 0.717) is 35.9 Å². The van der Waals surface area contributed by atoms with Crippen LogP contribution in [0.5, 0.6) is 5.75 Å². The lowest BCUT2D eigenvalue weighted by atomic mass is 10.1. The first-order valence-corrected chi connectivity index (χ1v) is 9.95. The molecule has 6 nitrogen and oxygen atoms in total. The second-order valence-electron chi connectivity index (χ2n) is 7.02. The molecule has 3 N–H and O–H groups in total. The van der Waals surface area contributed by atoms with Gasteiger partial charge in [-0.3, -0.25) is 14.9 Å². The highest BCUT2D eigenvalue weighted by Crippen LogP contribution is 2.23. The largest absolute Gasteiger partial charge is 0.493 e. The van der Waals surface area contributed by atoms with Crippen molar-refractivity contribution in [3.8, 4) is 5.75 Å². The Labute approximate surface area is 177 Å². The molecule has 2 amide bonds. The first-order valence-electron chi connectivity index (χ1n) is 9.54. The molecular weight excluding hydrogens is 386 g/mol. The summed E-state index contributed by atoms with van der Waals surface area (Å²) in [6.07, 6.45) is 0.396. The second-order valence-corrected chi connectivity index (χ2v) is 7.43. The summed E-state index contributed by atoms with van der Waals surface area (Å²) < 4.78 is 5.62. The molecule has 0 radical (unpaired) electrons. The van der Waals surface area contributed by atoms with Gasteiger partial charge in [0.1, 0.15) is 5.75 Å². The molecule has 0 fully saturated rings. The van der Waals surface area contributed by atoms with Gasteiger partial charge in [-0.05, 0) is 67.0 Å². The molecule has 154 valence electrons. The van der Waals surface area contributed by atoms with Gasteiger partial charge in [-0.1, -0.05) is 26.8 Å². The van der Waals surface area contributed by atoms with Crippen LogP contribution >= 0.6 is 12.2 Å². The third-order valence-corrected chi connectivity index (χ3v) is 4.31. The minimum Gasteiger partial charge on any atom is -0.493 e. The summed E-state index contributed by atoms with van der Waals surface area (Å²) in [5.74, 6) is 0.768. The predicted molar refractivity (Wildman–Crippen MR) is 121 cm³/mol. The van der Waals surface area contributed by atoms with Crippen LogP contribution in [0.1, 0.15) is 43.1 Å². The van der Waals surface area contributed by atoms with Crippen molar-refractivity contribution in [2.24, 2.45) is 5.92 Å². The van der Waals surface area contributed by atoms with E-state index in [1.165, 1.54) is 0 Å². The Morgan fingerprint density at radius 3 is 2.24 bits per heavy atom. The number of benzene rings is 2. The number of thiocarbonyl (C=S) groups is 1. The van der Waals surface area contributed by atoms with Crippen molar-refractivity contribution in [2.75, 3.05) is 17.2 Å². The lowest BCUT2D eigenvalue weighted by Crippen LogP contribution is -2.34. The van der Waals surface area contributed by atoms with Crippen molar-refractivity contribution >= 4 is 40.5 Å². The monoisotopic (exact) mass is 413 g/mol. The molecule has 2 aromatic carbocycles. The van der Waals surface area contributed by atoms with Gasteiger partial charge in [0.25, 0.3) is 5.91 Å². The summed E-state index contributed by atoms with van der Waals surface area (Å²) in [7, 11) is 0. The number of amides is 2. The number of nitrogens with one attached hydrogen (secondary N) is 3.